The molecule has 2 rings (SSSR count). The zero-order chi connectivity index (χ0) is 27.3. The van der Waals surface area contributed by atoms with Crippen LogP contribution in [0.2, 0.25) is 0 Å². The molecule has 1 N–H and O–H groups in total. The predicted octanol–water partition coefficient (Wildman–Crippen LogP) is 3.47. The summed E-state index contributed by atoms with van der Waals surface area (Å²) in [5.74, 6) is -1.41. The molecule has 198 valence electrons. The second-order valence-electron chi connectivity index (χ2n) is 9.95. The molecule has 1 unspecified atom stereocenters. The summed E-state index contributed by atoms with van der Waals surface area (Å²) in [5.41, 5.74) is 1.43. The summed E-state index contributed by atoms with van der Waals surface area (Å²) in [4.78, 5) is 28.4. The lowest BCUT2D eigenvalue weighted by molar-refractivity contribution is -0.141. The highest BCUT2D eigenvalue weighted by Gasteiger charge is 2.34. The Hall–Kier alpha value is -2.98. The summed E-state index contributed by atoms with van der Waals surface area (Å²) >= 11 is 0. The molecule has 0 bridgehead atoms. The van der Waals surface area contributed by atoms with Crippen molar-refractivity contribution in [1.29, 1.82) is 0 Å². The van der Waals surface area contributed by atoms with Crippen LogP contribution in [0.15, 0.2) is 48.5 Å². The number of aryl methyl sites for hydroxylation is 1. The average Bonchev–Trinajstić information content (AvgIpc) is 2.76. The number of anilines is 1. The van der Waals surface area contributed by atoms with Crippen LogP contribution in [0.1, 0.15) is 45.2 Å². The fourth-order valence-corrected chi connectivity index (χ4v) is 4.76. The molecule has 0 fully saturated rings. The quantitative estimate of drug-likeness (QED) is 0.520. The van der Waals surface area contributed by atoms with Crippen molar-refractivity contribution in [1.82, 2.24) is 14.5 Å². The Morgan fingerprint density at radius 2 is 1.67 bits per heavy atom. The molecular weight excluding hydrogens is 483 g/mol. The van der Waals surface area contributed by atoms with Gasteiger partial charge in [-0.15, -0.1) is 0 Å². The zero-order valence-electron chi connectivity index (χ0n) is 22.1. The third-order valence-corrected chi connectivity index (χ3v) is 7.27. The van der Waals surface area contributed by atoms with Crippen molar-refractivity contribution in [3.63, 3.8) is 0 Å². The first-order valence-corrected chi connectivity index (χ1v) is 13.2. The minimum absolute atomic E-state index is 0.121. The molecule has 0 aliphatic rings. The predicted molar refractivity (Wildman–Crippen MR) is 140 cm³/mol. The molecule has 10 heteroatoms. The monoisotopic (exact) mass is 520 g/mol. The van der Waals surface area contributed by atoms with Gasteiger partial charge >= 0.3 is 10.2 Å². The Morgan fingerprint density at radius 1 is 1.06 bits per heavy atom. The van der Waals surface area contributed by atoms with Crippen LogP contribution in [0.5, 0.6) is 0 Å². The number of nitrogens with zero attached hydrogens (tertiary/aromatic N) is 3. The topological polar surface area (TPSA) is 90.0 Å². The number of carbonyl (C=O) groups excluding carboxylic acids is 2. The van der Waals surface area contributed by atoms with E-state index in [9.17, 15) is 22.4 Å². The van der Waals surface area contributed by atoms with Gasteiger partial charge in [0, 0.05) is 26.2 Å². The summed E-state index contributed by atoms with van der Waals surface area (Å²) in [6.45, 7) is 8.85. The molecule has 0 heterocycles. The highest BCUT2D eigenvalue weighted by atomic mass is 32.2. The Balaban J connectivity index is 2.52. The van der Waals surface area contributed by atoms with Crippen LogP contribution in [0.3, 0.4) is 0 Å². The molecule has 0 aromatic heterocycles. The number of hydrogen-bond acceptors (Lipinski definition) is 4. The molecule has 2 aromatic rings. The Labute approximate surface area is 214 Å². The fraction of sp³-hybridized carbons (Fsp3) is 0.462. The van der Waals surface area contributed by atoms with Gasteiger partial charge in [-0.2, -0.15) is 12.7 Å². The van der Waals surface area contributed by atoms with E-state index in [2.05, 4.69) is 5.32 Å². The molecule has 2 amide bonds. The molecule has 8 nitrogen and oxygen atoms in total. The van der Waals surface area contributed by atoms with Gasteiger partial charge in [-0.3, -0.25) is 9.59 Å². The molecule has 36 heavy (non-hydrogen) atoms. The molecule has 0 aliphatic heterocycles. The Bertz CT molecular complexity index is 1160. The third-order valence-electron chi connectivity index (χ3n) is 5.45. The number of hydrogen-bond donors (Lipinski definition) is 1. The van der Waals surface area contributed by atoms with Crippen molar-refractivity contribution >= 4 is 27.7 Å². The molecule has 0 aliphatic carbocycles. The highest BCUT2D eigenvalue weighted by molar-refractivity contribution is 7.90. The lowest BCUT2D eigenvalue weighted by atomic mass is 10.0. The highest BCUT2D eigenvalue weighted by Crippen LogP contribution is 2.22. The molecule has 0 saturated carbocycles. The van der Waals surface area contributed by atoms with Crippen LogP contribution < -0.4 is 9.62 Å². The molecule has 0 spiro atoms. The Kier molecular flexibility index (Phi) is 9.62. The van der Waals surface area contributed by atoms with Gasteiger partial charge in [0.05, 0.1) is 5.69 Å². The van der Waals surface area contributed by atoms with Gasteiger partial charge in [-0.25, -0.2) is 8.70 Å². The standard InChI is InChI=1S/C26H37FN4O4S/c1-8-23(25(33)28-26(3,4)5)30(17-20-11-9-10-19(2)16-20)24(32)18-31(36(34,35)29(6)7)22-14-12-21(27)13-15-22/h9-16,23H,8,17-18H2,1-7H3,(H,28,33). The van der Waals surface area contributed by atoms with E-state index in [-0.39, 0.29) is 18.1 Å². The van der Waals surface area contributed by atoms with E-state index < -0.39 is 40.1 Å². The van der Waals surface area contributed by atoms with E-state index in [1.807, 2.05) is 52.0 Å². The van der Waals surface area contributed by atoms with Gasteiger partial charge in [0.25, 0.3) is 0 Å². The van der Waals surface area contributed by atoms with Crippen LogP contribution in [-0.4, -0.2) is 61.7 Å². The number of halogens is 1. The Morgan fingerprint density at radius 3 is 2.17 bits per heavy atom. The van der Waals surface area contributed by atoms with E-state index in [0.717, 1.165) is 31.9 Å². The first-order valence-electron chi connectivity index (χ1n) is 11.8. The number of nitrogens with one attached hydrogen (secondary N) is 1. The van der Waals surface area contributed by atoms with Gasteiger partial charge in [0.2, 0.25) is 11.8 Å². The maximum atomic E-state index is 13.8. The van der Waals surface area contributed by atoms with E-state index in [4.69, 9.17) is 0 Å². The minimum Gasteiger partial charge on any atom is -0.350 e. The maximum absolute atomic E-state index is 13.8. The summed E-state index contributed by atoms with van der Waals surface area (Å²) in [6.07, 6.45) is 0.330. The lowest BCUT2D eigenvalue weighted by Crippen LogP contribution is -2.55. The van der Waals surface area contributed by atoms with E-state index in [0.29, 0.717) is 6.42 Å². The molecule has 0 saturated heterocycles. The van der Waals surface area contributed by atoms with E-state index in [1.54, 1.807) is 6.92 Å². The lowest BCUT2D eigenvalue weighted by Gasteiger charge is -2.35. The SMILES string of the molecule is CCC(C(=O)NC(C)(C)C)N(Cc1cccc(C)c1)C(=O)CN(c1ccc(F)cc1)S(=O)(=O)N(C)C. The second-order valence-corrected chi connectivity index (χ2v) is 12.0. The van der Waals surface area contributed by atoms with Crippen LogP contribution in [0.4, 0.5) is 10.1 Å². The van der Waals surface area contributed by atoms with E-state index >= 15 is 0 Å². The van der Waals surface area contributed by atoms with Gasteiger partial charge in [0.1, 0.15) is 18.4 Å². The van der Waals surface area contributed by atoms with Crippen molar-refractivity contribution in [3.05, 3.63) is 65.5 Å². The number of carbonyl (C=O) groups is 2. The smallest absolute Gasteiger partial charge is 0.304 e. The zero-order valence-corrected chi connectivity index (χ0v) is 22.9. The molecule has 0 radical (unpaired) electrons. The normalized spacial score (nSPS) is 12.8. The van der Waals surface area contributed by atoms with Crippen LogP contribution in [0.25, 0.3) is 0 Å². The second kappa shape index (κ2) is 11.8. The average molecular weight is 521 g/mol. The van der Waals surface area contributed by atoms with E-state index in [1.165, 1.54) is 31.1 Å². The number of amides is 2. The third kappa shape index (κ3) is 7.76. The summed E-state index contributed by atoms with van der Waals surface area (Å²) in [5, 5.41) is 2.93. The number of benzene rings is 2. The van der Waals surface area contributed by atoms with Crippen molar-refractivity contribution in [2.45, 2.75) is 59.2 Å². The first kappa shape index (κ1) is 29.3. The molecular formula is C26H37FN4O4S. The fourth-order valence-electron chi connectivity index (χ4n) is 3.70. The van der Waals surface area contributed by atoms with Crippen LogP contribution in [-0.2, 0) is 26.3 Å². The number of rotatable bonds is 10. The van der Waals surface area contributed by atoms with Gasteiger partial charge in [-0.05, 0) is 63.9 Å². The summed E-state index contributed by atoms with van der Waals surface area (Å²) < 4.78 is 41.7. The van der Waals surface area contributed by atoms with Crippen molar-refractivity contribution in [3.8, 4) is 0 Å². The minimum atomic E-state index is -4.10. The summed E-state index contributed by atoms with van der Waals surface area (Å²) in [7, 11) is -1.39. The molecule has 2 aromatic carbocycles. The van der Waals surface area contributed by atoms with Gasteiger partial charge in [-0.1, -0.05) is 36.8 Å². The van der Waals surface area contributed by atoms with Crippen molar-refractivity contribution in [2.75, 3.05) is 24.9 Å². The van der Waals surface area contributed by atoms with Gasteiger partial charge < -0.3 is 10.2 Å². The van der Waals surface area contributed by atoms with Crippen LogP contribution >= 0.6 is 0 Å². The van der Waals surface area contributed by atoms with Crippen LogP contribution in [0, 0.1) is 12.7 Å². The largest absolute Gasteiger partial charge is 0.350 e. The van der Waals surface area contributed by atoms with Gasteiger partial charge in [0.15, 0.2) is 0 Å². The van der Waals surface area contributed by atoms with Crippen molar-refractivity contribution < 1.29 is 22.4 Å². The maximum Gasteiger partial charge on any atom is 0.304 e. The first-order chi connectivity index (χ1) is 16.7. The molecule has 1 atom stereocenters. The summed E-state index contributed by atoms with van der Waals surface area (Å²) in [6, 6.07) is 11.6. The van der Waals surface area contributed by atoms with Crippen molar-refractivity contribution in [2.24, 2.45) is 0 Å².